The first-order valence-corrected chi connectivity index (χ1v) is 10.4. The lowest BCUT2D eigenvalue weighted by molar-refractivity contribution is -0.132. The van der Waals surface area contributed by atoms with Crippen LogP contribution in [-0.4, -0.2) is 41.1 Å². The number of rotatable bonds is 6. The predicted molar refractivity (Wildman–Crippen MR) is 107 cm³/mol. The lowest BCUT2D eigenvalue weighted by Crippen LogP contribution is -2.41. The summed E-state index contributed by atoms with van der Waals surface area (Å²) in [4.78, 5) is 19.3. The van der Waals surface area contributed by atoms with Gasteiger partial charge in [-0.2, -0.15) is 16.3 Å². The summed E-state index contributed by atoms with van der Waals surface area (Å²) in [6.07, 6.45) is 3.12. The van der Waals surface area contributed by atoms with Gasteiger partial charge in [-0.15, -0.1) is 0 Å². The van der Waals surface area contributed by atoms with Gasteiger partial charge in [-0.05, 0) is 36.3 Å². The Morgan fingerprint density at radius 2 is 2.25 bits per heavy atom. The molecule has 1 atom stereocenters. The Bertz CT molecular complexity index is 923. The van der Waals surface area contributed by atoms with Gasteiger partial charge >= 0.3 is 0 Å². The van der Waals surface area contributed by atoms with Crippen molar-refractivity contribution in [3.8, 4) is 17.1 Å². The summed E-state index contributed by atoms with van der Waals surface area (Å²) in [5, 5.41) is 8.08. The maximum Gasteiger partial charge on any atom is 0.227 e. The molecular weight excluding hydrogens is 374 g/mol. The van der Waals surface area contributed by atoms with Gasteiger partial charge in [0.15, 0.2) is 0 Å². The maximum absolute atomic E-state index is 12.8. The Labute approximate surface area is 168 Å². The third-order valence-electron chi connectivity index (χ3n) is 5.12. The molecule has 28 heavy (non-hydrogen) atoms. The number of carbonyl (C=O) groups excluding carboxylic acids is 1. The van der Waals surface area contributed by atoms with Crippen LogP contribution >= 0.6 is 11.3 Å². The molecule has 0 saturated carbocycles. The Morgan fingerprint density at radius 3 is 3.07 bits per heavy atom. The molecule has 2 aromatic heterocycles. The van der Waals surface area contributed by atoms with Crippen molar-refractivity contribution in [1.82, 2.24) is 15.0 Å². The van der Waals surface area contributed by atoms with Crippen molar-refractivity contribution in [3.05, 3.63) is 52.5 Å². The first-order chi connectivity index (χ1) is 13.7. The Morgan fingerprint density at radius 1 is 1.36 bits per heavy atom. The lowest BCUT2D eigenvalue weighted by atomic mass is 9.94. The van der Waals surface area contributed by atoms with Crippen LogP contribution < -0.4 is 4.74 Å². The molecule has 6 nitrogen and oxygen atoms in total. The summed E-state index contributed by atoms with van der Waals surface area (Å²) >= 11 is 1.61. The number of hydrogen-bond acceptors (Lipinski definition) is 6. The number of benzene rings is 1. The molecule has 1 saturated heterocycles. The van der Waals surface area contributed by atoms with E-state index in [4.69, 9.17) is 9.26 Å². The molecule has 0 N–H and O–H groups in total. The van der Waals surface area contributed by atoms with E-state index in [1.807, 2.05) is 46.0 Å². The minimum Gasteiger partial charge on any atom is -0.496 e. The molecule has 146 valence electrons. The summed E-state index contributed by atoms with van der Waals surface area (Å²) in [7, 11) is 1.63. The normalized spacial score (nSPS) is 16.9. The van der Waals surface area contributed by atoms with Gasteiger partial charge in [0, 0.05) is 36.0 Å². The van der Waals surface area contributed by atoms with Gasteiger partial charge in [-0.25, -0.2) is 0 Å². The van der Waals surface area contributed by atoms with E-state index in [1.54, 1.807) is 18.4 Å². The Kier molecular flexibility index (Phi) is 5.71. The Hall–Kier alpha value is -2.67. The highest BCUT2D eigenvalue weighted by molar-refractivity contribution is 7.08. The molecule has 1 amide bonds. The SMILES string of the molecule is COc1ccccc1CC(=O)N1CCC[C@H](Cc2nc(-c3ccsc3)no2)C1. The van der Waals surface area contributed by atoms with Crippen molar-refractivity contribution in [2.75, 3.05) is 20.2 Å². The fourth-order valence-corrected chi connectivity index (χ4v) is 4.31. The number of amides is 1. The van der Waals surface area contributed by atoms with Gasteiger partial charge < -0.3 is 14.2 Å². The first-order valence-electron chi connectivity index (χ1n) is 9.47. The molecule has 7 heteroatoms. The second kappa shape index (κ2) is 8.56. The lowest BCUT2D eigenvalue weighted by Gasteiger charge is -2.32. The van der Waals surface area contributed by atoms with Crippen molar-refractivity contribution in [1.29, 1.82) is 0 Å². The highest BCUT2D eigenvalue weighted by atomic mass is 32.1. The summed E-state index contributed by atoms with van der Waals surface area (Å²) in [5.41, 5.74) is 1.91. The average molecular weight is 398 g/mol. The zero-order chi connectivity index (χ0) is 19.3. The van der Waals surface area contributed by atoms with Gasteiger partial charge in [-0.3, -0.25) is 4.79 Å². The zero-order valence-electron chi connectivity index (χ0n) is 15.8. The molecule has 3 heterocycles. The third kappa shape index (κ3) is 4.25. The fourth-order valence-electron chi connectivity index (χ4n) is 3.68. The Balaban J connectivity index is 1.37. The highest BCUT2D eigenvalue weighted by Crippen LogP contribution is 2.25. The number of piperidine rings is 1. The number of nitrogens with zero attached hydrogens (tertiary/aromatic N) is 3. The standard InChI is InChI=1S/C21H23N3O3S/c1-26-18-7-3-2-6-16(18)12-20(25)24-9-4-5-15(13-24)11-19-22-21(23-27-19)17-8-10-28-14-17/h2-3,6-8,10,14-15H,4-5,9,11-13H2,1H3/t15-/m1/s1. The van der Waals surface area contributed by atoms with E-state index in [1.165, 1.54) is 0 Å². The summed E-state index contributed by atoms with van der Waals surface area (Å²) < 4.78 is 10.8. The second-order valence-corrected chi connectivity index (χ2v) is 7.84. The van der Waals surface area contributed by atoms with Crippen LogP contribution in [0.15, 0.2) is 45.6 Å². The van der Waals surface area contributed by atoms with Crippen LogP contribution in [0, 0.1) is 5.92 Å². The van der Waals surface area contributed by atoms with E-state index < -0.39 is 0 Å². The molecule has 1 fully saturated rings. The molecule has 1 aromatic carbocycles. The van der Waals surface area contributed by atoms with Crippen molar-refractivity contribution in [3.63, 3.8) is 0 Å². The van der Waals surface area contributed by atoms with E-state index in [2.05, 4.69) is 10.1 Å². The van der Waals surface area contributed by atoms with E-state index >= 15 is 0 Å². The first kappa shape index (κ1) is 18.7. The number of thiophene rings is 1. The second-order valence-electron chi connectivity index (χ2n) is 7.06. The van der Waals surface area contributed by atoms with Crippen LogP contribution in [0.5, 0.6) is 5.75 Å². The van der Waals surface area contributed by atoms with Gasteiger partial charge in [0.05, 0.1) is 13.5 Å². The monoisotopic (exact) mass is 397 g/mol. The van der Waals surface area contributed by atoms with E-state index in [9.17, 15) is 4.79 Å². The number of carbonyl (C=O) groups is 1. The molecule has 0 aliphatic carbocycles. The molecular formula is C21H23N3O3S. The van der Waals surface area contributed by atoms with E-state index in [-0.39, 0.29) is 5.91 Å². The highest BCUT2D eigenvalue weighted by Gasteiger charge is 2.26. The quantitative estimate of drug-likeness (QED) is 0.632. The zero-order valence-corrected chi connectivity index (χ0v) is 16.7. The summed E-state index contributed by atoms with van der Waals surface area (Å²) in [5.74, 6) is 2.52. The minimum atomic E-state index is 0.138. The van der Waals surface area contributed by atoms with Gasteiger partial charge in [0.1, 0.15) is 5.75 Å². The molecule has 1 aliphatic rings. The van der Waals surface area contributed by atoms with Crippen molar-refractivity contribution >= 4 is 17.2 Å². The largest absolute Gasteiger partial charge is 0.496 e. The number of methoxy groups -OCH3 is 1. The minimum absolute atomic E-state index is 0.138. The number of para-hydroxylation sites is 1. The molecule has 0 bridgehead atoms. The fraction of sp³-hybridized carbons (Fsp3) is 0.381. The number of likely N-dealkylation sites (tertiary alicyclic amines) is 1. The van der Waals surface area contributed by atoms with Gasteiger partial charge in [0.2, 0.25) is 17.6 Å². The molecule has 1 aliphatic heterocycles. The molecule has 3 aromatic rings. The number of aromatic nitrogens is 2. The van der Waals surface area contributed by atoms with Crippen molar-refractivity contribution in [2.24, 2.45) is 5.92 Å². The smallest absolute Gasteiger partial charge is 0.227 e. The third-order valence-corrected chi connectivity index (χ3v) is 5.80. The van der Waals surface area contributed by atoms with Crippen molar-refractivity contribution in [2.45, 2.75) is 25.7 Å². The van der Waals surface area contributed by atoms with Crippen LogP contribution in [-0.2, 0) is 17.6 Å². The van der Waals surface area contributed by atoms with Crippen LogP contribution in [0.25, 0.3) is 11.4 Å². The van der Waals surface area contributed by atoms with Gasteiger partial charge in [0.25, 0.3) is 0 Å². The van der Waals surface area contributed by atoms with Crippen molar-refractivity contribution < 1.29 is 14.1 Å². The van der Waals surface area contributed by atoms with E-state index in [0.29, 0.717) is 30.5 Å². The van der Waals surface area contributed by atoms with E-state index in [0.717, 1.165) is 42.8 Å². The molecule has 0 radical (unpaired) electrons. The van der Waals surface area contributed by atoms with Crippen LogP contribution in [0.4, 0.5) is 0 Å². The number of hydrogen-bond donors (Lipinski definition) is 0. The van der Waals surface area contributed by atoms with Crippen LogP contribution in [0.2, 0.25) is 0 Å². The molecule has 0 unspecified atom stereocenters. The predicted octanol–water partition coefficient (Wildman–Crippen LogP) is 3.83. The maximum atomic E-state index is 12.8. The number of ether oxygens (including phenoxy) is 1. The van der Waals surface area contributed by atoms with Crippen LogP contribution in [0.3, 0.4) is 0 Å². The summed E-state index contributed by atoms with van der Waals surface area (Å²) in [6.45, 7) is 1.53. The average Bonchev–Trinajstić information content (AvgIpc) is 3.40. The summed E-state index contributed by atoms with van der Waals surface area (Å²) in [6, 6.07) is 9.67. The van der Waals surface area contributed by atoms with Gasteiger partial charge in [-0.1, -0.05) is 23.4 Å². The molecule has 4 rings (SSSR count). The molecule has 0 spiro atoms. The topological polar surface area (TPSA) is 68.5 Å². The van der Waals surface area contributed by atoms with Crippen LogP contribution in [0.1, 0.15) is 24.3 Å².